The molecule has 4 aromatic rings. The number of benzene rings is 4. The van der Waals surface area contributed by atoms with Crippen LogP contribution in [0.4, 0.5) is 5.69 Å². The summed E-state index contributed by atoms with van der Waals surface area (Å²) >= 11 is 3.46. The number of nitrogens with zero attached hydrogens (tertiary/aromatic N) is 2. The number of methoxy groups -OCH3 is 1. The molecular formula is C36H40BrN3O5S. The van der Waals surface area contributed by atoms with E-state index in [1.807, 2.05) is 81.4 Å². The standard InChI is InChI=1S/C36H40BrN3O5S/c1-26(2)23-38-36(42)33(22-28-11-7-5-8-12-28)39(24-29-16-18-30(37)19-17-29)35(41)25-40(32-21-27(3)15-20-34(32)45-4)46(43,44)31-13-9-6-10-14-31/h5-21,26,33H,22-25H2,1-4H3,(H,38,42). The number of amides is 2. The van der Waals surface area contributed by atoms with Gasteiger partial charge in [-0.3, -0.25) is 13.9 Å². The molecule has 0 aromatic heterocycles. The first-order valence-electron chi connectivity index (χ1n) is 15.1. The first-order chi connectivity index (χ1) is 22.0. The summed E-state index contributed by atoms with van der Waals surface area (Å²) in [4.78, 5) is 30.0. The fourth-order valence-corrected chi connectivity index (χ4v) is 6.69. The number of carbonyl (C=O) groups is 2. The number of hydrogen-bond acceptors (Lipinski definition) is 5. The van der Waals surface area contributed by atoms with E-state index < -0.39 is 28.5 Å². The van der Waals surface area contributed by atoms with Crippen molar-refractivity contribution >= 4 is 43.5 Å². The van der Waals surface area contributed by atoms with Crippen LogP contribution in [0.3, 0.4) is 0 Å². The van der Waals surface area contributed by atoms with E-state index in [9.17, 15) is 18.0 Å². The smallest absolute Gasteiger partial charge is 0.264 e. The molecule has 8 nitrogen and oxygen atoms in total. The largest absolute Gasteiger partial charge is 0.495 e. The number of halogens is 1. The van der Waals surface area contributed by atoms with Crippen LogP contribution in [0.2, 0.25) is 0 Å². The van der Waals surface area contributed by atoms with E-state index in [1.165, 1.54) is 24.1 Å². The number of sulfonamides is 1. The maximum atomic E-state index is 14.6. The average Bonchev–Trinajstić information content (AvgIpc) is 3.05. The second-order valence-electron chi connectivity index (χ2n) is 11.5. The number of rotatable bonds is 14. The fourth-order valence-electron chi connectivity index (χ4n) is 4.99. The van der Waals surface area contributed by atoms with Gasteiger partial charge >= 0.3 is 0 Å². The predicted octanol–water partition coefficient (Wildman–Crippen LogP) is 6.37. The highest BCUT2D eigenvalue weighted by Gasteiger charge is 2.35. The summed E-state index contributed by atoms with van der Waals surface area (Å²) in [5.41, 5.74) is 2.68. The van der Waals surface area contributed by atoms with Gasteiger partial charge in [0.25, 0.3) is 10.0 Å². The highest BCUT2D eigenvalue weighted by atomic mass is 79.9. The Balaban J connectivity index is 1.83. The monoisotopic (exact) mass is 705 g/mol. The third-order valence-corrected chi connectivity index (χ3v) is 9.74. The van der Waals surface area contributed by atoms with Gasteiger partial charge < -0.3 is 15.0 Å². The van der Waals surface area contributed by atoms with Crippen molar-refractivity contribution in [1.29, 1.82) is 0 Å². The summed E-state index contributed by atoms with van der Waals surface area (Å²) in [5.74, 6) is -0.356. The highest BCUT2D eigenvalue weighted by molar-refractivity contribution is 9.10. The Morgan fingerprint density at radius 2 is 1.50 bits per heavy atom. The summed E-state index contributed by atoms with van der Waals surface area (Å²) in [6.45, 7) is 5.79. The molecule has 0 saturated carbocycles. The van der Waals surface area contributed by atoms with Gasteiger partial charge in [0.1, 0.15) is 18.3 Å². The minimum atomic E-state index is -4.24. The Labute approximate surface area is 280 Å². The minimum Gasteiger partial charge on any atom is -0.495 e. The molecule has 4 aromatic carbocycles. The highest BCUT2D eigenvalue weighted by Crippen LogP contribution is 2.34. The maximum Gasteiger partial charge on any atom is 0.264 e. The van der Waals surface area contributed by atoms with Crippen molar-refractivity contribution in [3.8, 4) is 5.75 Å². The molecule has 0 heterocycles. The molecule has 4 rings (SSSR count). The van der Waals surface area contributed by atoms with Crippen LogP contribution in [-0.4, -0.2) is 51.4 Å². The maximum absolute atomic E-state index is 14.6. The molecule has 1 N–H and O–H groups in total. The topological polar surface area (TPSA) is 96.0 Å². The van der Waals surface area contributed by atoms with Crippen LogP contribution in [0.5, 0.6) is 5.75 Å². The molecule has 0 saturated heterocycles. The summed E-state index contributed by atoms with van der Waals surface area (Å²) < 4.78 is 36.0. The molecule has 0 spiro atoms. The molecule has 1 unspecified atom stereocenters. The Morgan fingerprint density at radius 1 is 0.870 bits per heavy atom. The third kappa shape index (κ3) is 8.98. The van der Waals surface area contributed by atoms with Gasteiger partial charge in [0, 0.05) is 24.0 Å². The number of hydrogen-bond donors (Lipinski definition) is 1. The first-order valence-corrected chi connectivity index (χ1v) is 17.3. The van der Waals surface area contributed by atoms with Crippen molar-refractivity contribution in [2.45, 2.75) is 44.7 Å². The normalized spacial score (nSPS) is 12.0. The quantitative estimate of drug-likeness (QED) is 0.164. The van der Waals surface area contributed by atoms with E-state index in [0.717, 1.165) is 25.5 Å². The number of ether oxygens (including phenoxy) is 1. The van der Waals surface area contributed by atoms with Crippen molar-refractivity contribution in [2.24, 2.45) is 5.92 Å². The van der Waals surface area contributed by atoms with Crippen molar-refractivity contribution in [2.75, 3.05) is 24.5 Å². The summed E-state index contributed by atoms with van der Waals surface area (Å²) in [6, 6.07) is 29.2. The van der Waals surface area contributed by atoms with E-state index in [-0.39, 0.29) is 35.4 Å². The summed E-state index contributed by atoms with van der Waals surface area (Å²) in [7, 11) is -2.78. The number of anilines is 1. The van der Waals surface area contributed by atoms with Crippen molar-refractivity contribution in [1.82, 2.24) is 10.2 Å². The van der Waals surface area contributed by atoms with Crippen LogP contribution >= 0.6 is 15.9 Å². The Kier molecular flexibility index (Phi) is 12.0. The lowest BCUT2D eigenvalue weighted by Gasteiger charge is -2.34. The molecule has 1 atom stereocenters. The number of aryl methyl sites for hydroxylation is 1. The third-order valence-electron chi connectivity index (χ3n) is 7.43. The van der Waals surface area contributed by atoms with Crippen LogP contribution < -0.4 is 14.4 Å². The first kappa shape index (κ1) is 34.7. The summed E-state index contributed by atoms with van der Waals surface area (Å²) in [5, 5.41) is 3.01. The zero-order valence-corrected chi connectivity index (χ0v) is 28.9. The van der Waals surface area contributed by atoms with Gasteiger partial charge in [0.05, 0.1) is 17.7 Å². The molecule has 2 amide bonds. The molecule has 0 aliphatic rings. The second-order valence-corrected chi connectivity index (χ2v) is 14.3. The van der Waals surface area contributed by atoms with Crippen molar-refractivity contribution < 1.29 is 22.7 Å². The van der Waals surface area contributed by atoms with Crippen LogP contribution in [-0.2, 0) is 32.6 Å². The van der Waals surface area contributed by atoms with Gasteiger partial charge in [-0.25, -0.2) is 8.42 Å². The van der Waals surface area contributed by atoms with E-state index in [4.69, 9.17) is 4.74 Å². The zero-order valence-electron chi connectivity index (χ0n) is 26.5. The molecule has 10 heteroatoms. The van der Waals surface area contributed by atoms with Gasteiger partial charge in [-0.05, 0) is 65.9 Å². The molecular weight excluding hydrogens is 666 g/mol. The van der Waals surface area contributed by atoms with Gasteiger partial charge in [-0.1, -0.05) is 96.5 Å². The molecule has 242 valence electrons. The summed E-state index contributed by atoms with van der Waals surface area (Å²) in [6.07, 6.45) is 0.242. The van der Waals surface area contributed by atoms with Crippen LogP contribution in [0, 0.1) is 12.8 Å². The van der Waals surface area contributed by atoms with Crippen molar-refractivity contribution in [3.05, 3.63) is 124 Å². The molecule has 0 bridgehead atoms. The van der Waals surface area contributed by atoms with E-state index in [2.05, 4.69) is 21.2 Å². The van der Waals surface area contributed by atoms with Crippen LogP contribution in [0.25, 0.3) is 0 Å². The lowest BCUT2D eigenvalue weighted by Crippen LogP contribution is -2.53. The molecule has 0 fully saturated rings. The lowest BCUT2D eigenvalue weighted by molar-refractivity contribution is -0.140. The number of nitrogens with one attached hydrogen (secondary N) is 1. The second kappa shape index (κ2) is 15.9. The van der Waals surface area contributed by atoms with Gasteiger partial charge in [0.2, 0.25) is 11.8 Å². The van der Waals surface area contributed by atoms with E-state index in [1.54, 1.807) is 30.3 Å². The molecule has 0 radical (unpaired) electrons. The van der Waals surface area contributed by atoms with Gasteiger partial charge in [-0.15, -0.1) is 0 Å². The minimum absolute atomic E-state index is 0.0290. The lowest BCUT2D eigenvalue weighted by atomic mass is 10.0. The van der Waals surface area contributed by atoms with Crippen LogP contribution in [0.15, 0.2) is 112 Å². The van der Waals surface area contributed by atoms with E-state index >= 15 is 0 Å². The van der Waals surface area contributed by atoms with Crippen molar-refractivity contribution in [3.63, 3.8) is 0 Å². The Hall–Kier alpha value is -4.15. The van der Waals surface area contributed by atoms with Gasteiger partial charge in [-0.2, -0.15) is 0 Å². The zero-order chi connectivity index (χ0) is 33.3. The van der Waals surface area contributed by atoms with E-state index in [0.29, 0.717) is 12.3 Å². The molecule has 46 heavy (non-hydrogen) atoms. The Morgan fingerprint density at radius 3 is 2.11 bits per heavy atom. The molecule has 0 aliphatic carbocycles. The predicted molar refractivity (Wildman–Crippen MR) is 185 cm³/mol. The molecule has 0 aliphatic heterocycles. The fraction of sp³-hybridized carbons (Fsp3) is 0.278. The SMILES string of the molecule is COc1ccc(C)cc1N(CC(=O)N(Cc1ccc(Br)cc1)C(Cc1ccccc1)C(=O)NCC(C)C)S(=O)(=O)c1ccccc1. The van der Waals surface area contributed by atoms with Crippen LogP contribution in [0.1, 0.15) is 30.5 Å². The number of carbonyl (C=O) groups excluding carboxylic acids is 2. The average molecular weight is 707 g/mol. The van der Waals surface area contributed by atoms with Gasteiger partial charge in [0.15, 0.2) is 0 Å². The Bertz CT molecular complexity index is 1720.